The normalized spacial score (nSPS) is 12.9. The number of benzene rings is 8. The van der Waals surface area contributed by atoms with Crippen LogP contribution >= 0.6 is 0 Å². The van der Waals surface area contributed by atoms with Crippen molar-refractivity contribution in [2.45, 2.75) is 71.6 Å². The van der Waals surface area contributed by atoms with Gasteiger partial charge >= 0.3 is 0 Å². The van der Waals surface area contributed by atoms with E-state index >= 15 is 0 Å². The van der Waals surface area contributed by atoms with E-state index in [4.69, 9.17) is 4.98 Å². The molecule has 11 rings (SSSR count). The van der Waals surface area contributed by atoms with E-state index in [2.05, 4.69) is 277 Å². The Morgan fingerprint density at radius 1 is 0.500 bits per heavy atom. The van der Waals surface area contributed by atoms with Gasteiger partial charge in [-0.2, -0.15) is 29.8 Å². The van der Waals surface area contributed by atoms with Gasteiger partial charge in [-0.1, -0.05) is 180 Å². The van der Waals surface area contributed by atoms with E-state index < -0.39 is 5.41 Å². The molecule has 5 heteroatoms. The summed E-state index contributed by atoms with van der Waals surface area (Å²) < 4.78 is 2.34. The molecular formula is C65H57N4Pt-3. The maximum Gasteiger partial charge on any atom is 0.135 e. The molecule has 0 amide bonds. The molecule has 0 atom stereocenters. The molecule has 2 aromatic heterocycles. The Labute approximate surface area is 428 Å². The summed E-state index contributed by atoms with van der Waals surface area (Å²) >= 11 is 0. The van der Waals surface area contributed by atoms with Crippen LogP contribution in [0.15, 0.2) is 194 Å². The van der Waals surface area contributed by atoms with E-state index in [9.17, 15) is 0 Å². The van der Waals surface area contributed by atoms with Crippen molar-refractivity contribution in [3.8, 4) is 16.9 Å². The van der Waals surface area contributed by atoms with E-state index in [1.165, 1.54) is 22.3 Å². The molecule has 10 aromatic rings. The Hall–Kier alpha value is -7.00. The van der Waals surface area contributed by atoms with Crippen LogP contribution in [0, 0.1) is 32.6 Å². The van der Waals surface area contributed by atoms with Crippen LogP contribution in [0.25, 0.3) is 38.8 Å². The summed E-state index contributed by atoms with van der Waals surface area (Å²) in [5.74, 6) is 0.867. The van der Waals surface area contributed by atoms with Crippen LogP contribution in [-0.2, 0) is 37.3 Å². The van der Waals surface area contributed by atoms with Gasteiger partial charge < -0.3 is 14.4 Å². The standard InChI is InChI=1S/C65H57N4.Pt/c1-44-35-58-59(36-45(44)2)68(43-67(58)53-29-19-12-20-30-53)54-38-50(64(6,7)8)37-51(39-54)65(47-25-15-10-16-26-47,48-27-17-11-18-28-48)52-40-56(46-23-13-9-14-24-46)62-55-31-21-22-32-57(55)69(60(62)41-52)61-42-49(33-34-66-61)63(3,4)5;/h9-38,40,42-43H,1-8H3;/q-3;. The number of nitrogens with zero attached hydrogens (tertiary/aromatic N) is 4. The fourth-order valence-electron chi connectivity index (χ4n) is 10.3. The molecule has 0 unspecified atom stereocenters. The summed E-state index contributed by atoms with van der Waals surface area (Å²) in [5.41, 5.74) is 16.7. The first-order chi connectivity index (χ1) is 33.3. The second kappa shape index (κ2) is 18.1. The number of anilines is 4. The Balaban J connectivity index is 0.00000567. The minimum Gasteiger partial charge on any atom is -0.493 e. The maximum absolute atomic E-state index is 5.14. The van der Waals surface area contributed by atoms with Crippen LogP contribution in [0.1, 0.15) is 86.1 Å². The molecule has 0 radical (unpaired) electrons. The minimum atomic E-state index is -0.914. The Morgan fingerprint density at radius 3 is 1.66 bits per heavy atom. The summed E-state index contributed by atoms with van der Waals surface area (Å²) in [6, 6.07) is 77.1. The van der Waals surface area contributed by atoms with Crippen molar-refractivity contribution in [3.63, 3.8) is 0 Å². The zero-order valence-electron chi connectivity index (χ0n) is 41.2. The summed E-state index contributed by atoms with van der Waals surface area (Å²) in [5, 5.41) is 2.30. The molecule has 0 bridgehead atoms. The quantitative estimate of drug-likeness (QED) is 0.112. The van der Waals surface area contributed by atoms with E-state index in [1.54, 1.807) is 0 Å². The number of hydrogen-bond donors (Lipinski definition) is 0. The molecule has 1 aliphatic rings. The number of aryl methyl sites for hydroxylation is 2. The molecule has 0 spiro atoms. The van der Waals surface area contributed by atoms with Crippen molar-refractivity contribution < 1.29 is 21.1 Å². The van der Waals surface area contributed by atoms with Crippen LogP contribution in [-0.4, -0.2) is 9.55 Å². The number of fused-ring (bicyclic) bond motifs is 4. The van der Waals surface area contributed by atoms with Gasteiger partial charge in [0, 0.05) is 55.3 Å². The first-order valence-electron chi connectivity index (χ1n) is 24.1. The predicted octanol–water partition coefficient (Wildman–Crippen LogP) is 16.4. The summed E-state index contributed by atoms with van der Waals surface area (Å²) in [6.45, 7) is 20.4. The van der Waals surface area contributed by atoms with Crippen molar-refractivity contribution in [3.05, 3.63) is 258 Å². The molecule has 3 heterocycles. The average molecular weight is 1090 g/mol. The molecular weight excluding hydrogens is 1030 g/mol. The van der Waals surface area contributed by atoms with Crippen LogP contribution in [0.3, 0.4) is 0 Å². The van der Waals surface area contributed by atoms with Crippen LogP contribution < -0.4 is 9.80 Å². The van der Waals surface area contributed by atoms with Crippen molar-refractivity contribution in [2.24, 2.45) is 0 Å². The second-order valence-electron chi connectivity index (χ2n) is 20.7. The molecule has 0 aliphatic carbocycles. The largest absolute Gasteiger partial charge is 0.493 e. The van der Waals surface area contributed by atoms with E-state index in [1.807, 2.05) is 6.20 Å². The number of aromatic nitrogens is 2. The average Bonchev–Trinajstić information content (AvgIpc) is 3.90. The summed E-state index contributed by atoms with van der Waals surface area (Å²) in [4.78, 5) is 9.81. The van der Waals surface area contributed by atoms with Gasteiger partial charge in [0.2, 0.25) is 0 Å². The third kappa shape index (κ3) is 7.97. The monoisotopic (exact) mass is 1090 g/mol. The number of rotatable bonds is 8. The fraction of sp³-hybridized carbons (Fsp3) is 0.169. The van der Waals surface area contributed by atoms with Gasteiger partial charge in [0.15, 0.2) is 0 Å². The van der Waals surface area contributed by atoms with Crippen molar-refractivity contribution in [1.82, 2.24) is 9.55 Å². The molecule has 0 N–H and O–H groups in total. The Kier molecular flexibility index (Phi) is 12.1. The fourth-order valence-corrected chi connectivity index (χ4v) is 10.3. The van der Waals surface area contributed by atoms with Gasteiger partial charge in [0.05, 0.1) is 0 Å². The summed E-state index contributed by atoms with van der Waals surface area (Å²) in [6.07, 6.45) is 1.96. The zero-order chi connectivity index (χ0) is 47.7. The first-order valence-corrected chi connectivity index (χ1v) is 24.1. The van der Waals surface area contributed by atoms with E-state index in [0.29, 0.717) is 0 Å². The smallest absolute Gasteiger partial charge is 0.135 e. The molecule has 0 saturated heterocycles. The van der Waals surface area contributed by atoms with Gasteiger partial charge in [-0.15, -0.1) is 35.1 Å². The topological polar surface area (TPSA) is 24.3 Å². The van der Waals surface area contributed by atoms with E-state index in [0.717, 1.165) is 83.8 Å². The predicted molar refractivity (Wildman–Crippen MR) is 288 cm³/mol. The molecule has 350 valence electrons. The molecule has 70 heavy (non-hydrogen) atoms. The second-order valence-corrected chi connectivity index (χ2v) is 20.7. The molecule has 0 fully saturated rings. The number of pyridine rings is 1. The van der Waals surface area contributed by atoms with Crippen LogP contribution in [0.4, 0.5) is 22.7 Å². The maximum atomic E-state index is 5.14. The van der Waals surface area contributed by atoms with Crippen LogP contribution in [0.2, 0.25) is 0 Å². The third-order valence-corrected chi connectivity index (χ3v) is 14.2. The van der Waals surface area contributed by atoms with Gasteiger partial charge in [0.1, 0.15) is 5.82 Å². The van der Waals surface area contributed by atoms with E-state index in [-0.39, 0.29) is 31.9 Å². The molecule has 4 nitrogen and oxygen atoms in total. The minimum absolute atomic E-state index is 0. The Morgan fingerprint density at radius 2 is 1.04 bits per heavy atom. The molecule has 1 aliphatic heterocycles. The van der Waals surface area contributed by atoms with Crippen molar-refractivity contribution in [1.29, 1.82) is 0 Å². The third-order valence-electron chi connectivity index (χ3n) is 14.2. The van der Waals surface area contributed by atoms with Gasteiger partial charge in [0.25, 0.3) is 0 Å². The van der Waals surface area contributed by atoms with Crippen molar-refractivity contribution in [2.75, 3.05) is 9.80 Å². The first kappa shape index (κ1) is 46.7. The van der Waals surface area contributed by atoms with Gasteiger partial charge in [-0.05, 0) is 106 Å². The summed E-state index contributed by atoms with van der Waals surface area (Å²) in [7, 11) is 0. The van der Waals surface area contributed by atoms with Gasteiger partial charge in [-0.25, -0.2) is 4.98 Å². The van der Waals surface area contributed by atoms with Crippen molar-refractivity contribution >= 4 is 44.6 Å². The molecule has 8 aromatic carbocycles. The number of para-hydroxylation sites is 2. The number of hydrogen-bond acceptors (Lipinski definition) is 3. The zero-order valence-corrected chi connectivity index (χ0v) is 43.4. The van der Waals surface area contributed by atoms with Gasteiger partial charge in [-0.3, -0.25) is 0 Å². The molecule has 0 saturated carbocycles. The SMILES string of the molecule is Cc1cc2c(cc1C)N(c1ccccc1)[CH-]N2c1[c-]c(C(c2[c-]c3c(c(-c4ccccc4)c2)c2ccccc2n3-c2cc(C(C)(C)C)ccn2)(c2ccccc2)c2ccccc2)cc(C(C)(C)C)c1.[Pt]. The van der Waals surface area contributed by atoms with Crippen LogP contribution in [0.5, 0.6) is 0 Å². The Bertz CT molecular complexity index is 3470.